The molecule has 0 N–H and O–H groups in total. The third-order valence-electron chi connectivity index (χ3n) is 8.56. The molecule has 0 heterocycles. The predicted octanol–water partition coefficient (Wildman–Crippen LogP) is 10.7. The molecule has 0 aliphatic heterocycles. The first-order valence-corrected chi connectivity index (χ1v) is 15.1. The Morgan fingerprint density at radius 2 is 1.08 bits per heavy atom. The van der Waals surface area contributed by atoms with Gasteiger partial charge in [0.1, 0.15) is 0 Å². The van der Waals surface area contributed by atoms with E-state index in [2.05, 4.69) is 79.7 Å². The fourth-order valence-corrected chi connectivity index (χ4v) is 6.02. The van der Waals surface area contributed by atoms with Crippen LogP contribution in [0.2, 0.25) is 0 Å². The molecule has 0 bridgehead atoms. The number of aryl methyl sites for hydroxylation is 3. The van der Waals surface area contributed by atoms with E-state index in [-0.39, 0.29) is 6.67 Å². The van der Waals surface area contributed by atoms with E-state index in [1.54, 1.807) is 0 Å². The lowest BCUT2D eigenvalue weighted by Gasteiger charge is -2.29. The molecule has 4 rings (SSSR count). The van der Waals surface area contributed by atoms with Crippen LogP contribution in [0.5, 0.6) is 0 Å². The van der Waals surface area contributed by atoms with Crippen molar-refractivity contribution < 1.29 is 4.39 Å². The van der Waals surface area contributed by atoms with Gasteiger partial charge in [-0.3, -0.25) is 4.39 Å². The molecule has 3 aromatic carbocycles. The van der Waals surface area contributed by atoms with Gasteiger partial charge in [0, 0.05) is 0 Å². The maximum absolute atomic E-state index is 12.2. The Hall–Kier alpha value is -2.41. The van der Waals surface area contributed by atoms with Gasteiger partial charge in [0.25, 0.3) is 0 Å². The number of halogens is 1. The van der Waals surface area contributed by atoms with Crippen LogP contribution in [0, 0.1) is 5.92 Å². The van der Waals surface area contributed by atoms with Crippen molar-refractivity contribution >= 4 is 0 Å². The molecule has 37 heavy (non-hydrogen) atoms. The van der Waals surface area contributed by atoms with Crippen molar-refractivity contribution in [1.29, 1.82) is 0 Å². The molecule has 1 aliphatic carbocycles. The molecule has 1 fully saturated rings. The third-order valence-corrected chi connectivity index (χ3v) is 8.56. The summed E-state index contributed by atoms with van der Waals surface area (Å²) in [6.07, 6.45) is 17.0. The van der Waals surface area contributed by atoms with Gasteiger partial charge in [0.05, 0.1) is 6.67 Å². The van der Waals surface area contributed by atoms with Crippen molar-refractivity contribution in [2.45, 2.75) is 103 Å². The smallest absolute Gasteiger partial charge is 0.0894 e. The molecule has 0 aromatic heterocycles. The van der Waals surface area contributed by atoms with Crippen molar-refractivity contribution in [3.63, 3.8) is 0 Å². The van der Waals surface area contributed by atoms with Gasteiger partial charge >= 0.3 is 0 Å². The summed E-state index contributed by atoms with van der Waals surface area (Å²) in [5.74, 6) is 1.62. The standard InChI is InChI=1S/C36H47F/c1-2-3-8-29-10-12-31(13-11-29)14-15-32-18-22-34(23-19-32)36-26-24-35(25-27-36)33-20-16-30(17-21-33)9-6-4-5-7-28-37/h10-13,18-19,22-27,30,33H,2-9,14-17,20-21,28H2,1H3/t30-,33-. The van der Waals surface area contributed by atoms with Crippen molar-refractivity contribution in [3.8, 4) is 11.1 Å². The molecule has 0 atom stereocenters. The molecular weight excluding hydrogens is 451 g/mol. The van der Waals surface area contributed by atoms with Gasteiger partial charge in [0.2, 0.25) is 0 Å². The number of benzene rings is 3. The van der Waals surface area contributed by atoms with Crippen molar-refractivity contribution in [2.24, 2.45) is 5.92 Å². The summed E-state index contributed by atoms with van der Waals surface area (Å²) in [5, 5.41) is 0. The van der Waals surface area contributed by atoms with Crippen LogP contribution in [-0.2, 0) is 19.3 Å². The second kappa shape index (κ2) is 15.1. The number of unbranched alkanes of at least 4 members (excludes halogenated alkanes) is 4. The predicted molar refractivity (Wildman–Crippen MR) is 158 cm³/mol. The maximum atomic E-state index is 12.2. The first kappa shape index (κ1) is 27.6. The molecule has 0 unspecified atom stereocenters. The molecule has 1 aliphatic rings. The van der Waals surface area contributed by atoms with Gasteiger partial charge in [-0.15, -0.1) is 0 Å². The Kier molecular flexibility index (Phi) is 11.3. The van der Waals surface area contributed by atoms with Crippen LogP contribution < -0.4 is 0 Å². The van der Waals surface area contributed by atoms with E-state index in [0.29, 0.717) is 0 Å². The lowest BCUT2D eigenvalue weighted by atomic mass is 9.77. The highest BCUT2D eigenvalue weighted by Gasteiger charge is 2.22. The Balaban J connectivity index is 1.21. The SMILES string of the molecule is CCCCc1ccc(CCc2ccc(-c3ccc([C@H]4CC[C@H](CCCCCCF)CC4)cc3)cc2)cc1. The number of hydrogen-bond acceptors (Lipinski definition) is 0. The average Bonchev–Trinajstić information content (AvgIpc) is 2.96. The van der Waals surface area contributed by atoms with Crippen LogP contribution in [0.3, 0.4) is 0 Å². The second-order valence-corrected chi connectivity index (χ2v) is 11.3. The third kappa shape index (κ3) is 8.84. The molecule has 0 saturated heterocycles. The molecule has 3 aromatic rings. The lowest BCUT2D eigenvalue weighted by molar-refractivity contribution is 0.301. The average molecular weight is 499 g/mol. The van der Waals surface area contributed by atoms with E-state index in [1.165, 1.54) is 97.6 Å². The fraction of sp³-hybridized carbons (Fsp3) is 0.500. The van der Waals surface area contributed by atoms with Gasteiger partial charge in [-0.2, -0.15) is 0 Å². The molecule has 0 spiro atoms. The minimum atomic E-state index is -0.149. The Morgan fingerprint density at radius 1 is 0.568 bits per heavy atom. The first-order chi connectivity index (χ1) is 18.2. The molecule has 1 saturated carbocycles. The zero-order chi connectivity index (χ0) is 25.7. The quantitative estimate of drug-likeness (QED) is 0.194. The first-order valence-electron chi connectivity index (χ1n) is 15.1. The zero-order valence-electron chi connectivity index (χ0n) is 23.1. The van der Waals surface area contributed by atoms with Gasteiger partial charge in [0.15, 0.2) is 0 Å². The molecule has 0 amide bonds. The Morgan fingerprint density at radius 3 is 1.65 bits per heavy atom. The normalized spacial score (nSPS) is 17.7. The monoisotopic (exact) mass is 498 g/mol. The molecule has 0 radical (unpaired) electrons. The largest absolute Gasteiger partial charge is 0.251 e. The summed E-state index contributed by atoms with van der Waals surface area (Å²) >= 11 is 0. The second-order valence-electron chi connectivity index (χ2n) is 11.3. The van der Waals surface area contributed by atoms with Gasteiger partial charge in [-0.1, -0.05) is 112 Å². The molecule has 198 valence electrons. The minimum Gasteiger partial charge on any atom is -0.251 e. The lowest BCUT2D eigenvalue weighted by Crippen LogP contribution is -2.13. The van der Waals surface area contributed by atoms with E-state index < -0.39 is 0 Å². The Labute approximate surface area is 225 Å². The summed E-state index contributed by atoms with van der Waals surface area (Å²) in [7, 11) is 0. The Bertz CT molecular complexity index is 1010. The van der Waals surface area contributed by atoms with Crippen LogP contribution in [0.25, 0.3) is 11.1 Å². The van der Waals surface area contributed by atoms with Crippen LogP contribution in [0.15, 0.2) is 72.8 Å². The van der Waals surface area contributed by atoms with E-state index in [0.717, 1.165) is 37.5 Å². The van der Waals surface area contributed by atoms with Crippen LogP contribution >= 0.6 is 0 Å². The number of hydrogen-bond donors (Lipinski definition) is 0. The summed E-state index contributed by atoms with van der Waals surface area (Å²) in [6.45, 7) is 2.11. The van der Waals surface area contributed by atoms with E-state index in [4.69, 9.17) is 0 Å². The summed E-state index contributed by atoms with van der Waals surface area (Å²) < 4.78 is 12.2. The van der Waals surface area contributed by atoms with E-state index >= 15 is 0 Å². The van der Waals surface area contributed by atoms with Crippen molar-refractivity contribution in [2.75, 3.05) is 6.67 Å². The molecule has 0 nitrogen and oxygen atoms in total. The summed E-state index contributed by atoms with van der Waals surface area (Å²) in [6, 6.07) is 27.8. The maximum Gasteiger partial charge on any atom is 0.0894 e. The highest BCUT2D eigenvalue weighted by molar-refractivity contribution is 5.64. The highest BCUT2D eigenvalue weighted by atomic mass is 19.1. The summed E-state index contributed by atoms with van der Waals surface area (Å²) in [4.78, 5) is 0. The van der Waals surface area contributed by atoms with Crippen LogP contribution in [0.4, 0.5) is 4.39 Å². The molecule has 1 heteroatoms. The van der Waals surface area contributed by atoms with E-state index in [9.17, 15) is 4.39 Å². The number of rotatable bonds is 14. The number of alkyl halides is 1. The van der Waals surface area contributed by atoms with E-state index in [1.807, 2.05) is 0 Å². The van der Waals surface area contributed by atoms with Crippen LogP contribution in [0.1, 0.15) is 106 Å². The zero-order valence-corrected chi connectivity index (χ0v) is 23.1. The highest BCUT2D eigenvalue weighted by Crippen LogP contribution is 2.38. The molecular formula is C36H47F. The van der Waals surface area contributed by atoms with Gasteiger partial charge < -0.3 is 0 Å². The minimum absolute atomic E-state index is 0.149. The topological polar surface area (TPSA) is 0 Å². The van der Waals surface area contributed by atoms with Gasteiger partial charge in [-0.05, 0) is 103 Å². The summed E-state index contributed by atoms with van der Waals surface area (Å²) in [5.41, 5.74) is 8.46. The van der Waals surface area contributed by atoms with Crippen molar-refractivity contribution in [3.05, 3.63) is 95.1 Å². The van der Waals surface area contributed by atoms with Gasteiger partial charge in [-0.25, -0.2) is 0 Å². The van der Waals surface area contributed by atoms with Crippen LogP contribution in [-0.4, -0.2) is 6.67 Å². The fourth-order valence-electron chi connectivity index (χ4n) is 6.02. The van der Waals surface area contributed by atoms with Crippen molar-refractivity contribution in [1.82, 2.24) is 0 Å².